The number of methoxy groups -OCH3 is 1. The minimum Gasteiger partial charge on any atom is -0.472 e. The third-order valence-electron chi connectivity index (χ3n) is 5.78. The van der Waals surface area contributed by atoms with Crippen LogP contribution in [-0.4, -0.2) is 46.1 Å². The van der Waals surface area contributed by atoms with Crippen molar-refractivity contribution in [3.05, 3.63) is 60.1 Å². The molecule has 1 aromatic carbocycles. The zero-order valence-corrected chi connectivity index (χ0v) is 18.9. The SMILES string of the molecule is C=CCOc1cnc(C(=O)Nc2cc(F)c(F)c([C@@]3(C)N=C(N)S[C@@]4(COC)CC43)c2)cn1. The molecule has 1 aromatic heterocycles. The van der Waals surface area contributed by atoms with Crippen LogP contribution in [0.1, 0.15) is 29.4 Å². The maximum atomic E-state index is 15.0. The predicted octanol–water partition coefficient (Wildman–Crippen LogP) is 3.25. The van der Waals surface area contributed by atoms with Gasteiger partial charge in [0, 0.05) is 30.3 Å². The van der Waals surface area contributed by atoms with Gasteiger partial charge in [0.1, 0.15) is 12.3 Å². The number of halogens is 2. The molecule has 33 heavy (non-hydrogen) atoms. The largest absolute Gasteiger partial charge is 0.472 e. The first-order chi connectivity index (χ1) is 15.7. The smallest absolute Gasteiger partial charge is 0.275 e. The summed E-state index contributed by atoms with van der Waals surface area (Å²) in [6.45, 7) is 5.92. The van der Waals surface area contributed by atoms with Gasteiger partial charge in [-0.1, -0.05) is 24.4 Å². The van der Waals surface area contributed by atoms with Crippen molar-refractivity contribution in [3.63, 3.8) is 0 Å². The van der Waals surface area contributed by atoms with E-state index in [0.717, 1.165) is 6.07 Å². The highest BCUT2D eigenvalue weighted by Gasteiger charge is 2.66. The van der Waals surface area contributed by atoms with Crippen molar-refractivity contribution in [1.82, 2.24) is 9.97 Å². The molecule has 4 rings (SSSR count). The van der Waals surface area contributed by atoms with Crippen molar-refractivity contribution >= 4 is 28.5 Å². The molecule has 1 saturated carbocycles. The number of nitrogens with zero attached hydrogens (tertiary/aromatic N) is 3. The Hall–Kier alpha value is -3.05. The molecule has 11 heteroatoms. The van der Waals surface area contributed by atoms with E-state index in [1.165, 1.54) is 30.2 Å². The van der Waals surface area contributed by atoms with Crippen molar-refractivity contribution in [2.75, 3.05) is 25.6 Å². The van der Waals surface area contributed by atoms with E-state index < -0.39 is 23.1 Å². The normalized spacial score (nSPS) is 25.6. The maximum absolute atomic E-state index is 15.0. The Bertz CT molecular complexity index is 1130. The number of amides is 1. The number of hydrogen-bond acceptors (Lipinski definition) is 8. The van der Waals surface area contributed by atoms with Crippen molar-refractivity contribution in [2.45, 2.75) is 23.6 Å². The average Bonchev–Trinajstić information content (AvgIpc) is 3.49. The summed E-state index contributed by atoms with van der Waals surface area (Å²) in [7, 11) is 1.58. The Morgan fingerprint density at radius 1 is 1.39 bits per heavy atom. The molecule has 1 fully saturated rings. The minimum absolute atomic E-state index is 0.0169. The molecule has 3 atom stereocenters. The van der Waals surface area contributed by atoms with E-state index in [0.29, 0.717) is 13.0 Å². The summed E-state index contributed by atoms with van der Waals surface area (Å²) >= 11 is 1.40. The van der Waals surface area contributed by atoms with Crippen LogP contribution in [0.25, 0.3) is 0 Å². The van der Waals surface area contributed by atoms with Crippen LogP contribution in [0, 0.1) is 17.6 Å². The topological polar surface area (TPSA) is 112 Å². The number of fused-ring (bicyclic) bond motifs is 1. The second-order valence-corrected chi connectivity index (χ2v) is 9.50. The molecule has 1 aliphatic carbocycles. The molecule has 2 heterocycles. The lowest BCUT2D eigenvalue weighted by Gasteiger charge is -2.34. The monoisotopic (exact) mass is 475 g/mol. The number of anilines is 1. The summed E-state index contributed by atoms with van der Waals surface area (Å²) in [5, 5.41) is 2.83. The van der Waals surface area contributed by atoms with Gasteiger partial charge in [-0.25, -0.2) is 18.7 Å². The first kappa shape index (κ1) is 23.1. The van der Waals surface area contributed by atoms with Crippen LogP contribution < -0.4 is 15.8 Å². The third-order valence-corrected chi connectivity index (χ3v) is 7.06. The molecule has 0 radical (unpaired) electrons. The number of ether oxygens (including phenoxy) is 2. The molecule has 1 amide bonds. The number of amidine groups is 1. The van der Waals surface area contributed by atoms with E-state index in [1.54, 1.807) is 20.1 Å². The maximum Gasteiger partial charge on any atom is 0.275 e. The molecular formula is C22H23F2N5O3S. The van der Waals surface area contributed by atoms with Gasteiger partial charge in [0.15, 0.2) is 16.8 Å². The molecule has 2 aliphatic rings. The van der Waals surface area contributed by atoms with Crippen LogP contribution in [0.15, 0.2) is 42.2 Å². The summed E-state index contributed by atoms with van der Waals surface area (Å²) in [6, 6.07) is 2.29. The number of aliphatic imine (C=N–C) groups is 1. The van der Waals surface area contributed by atoms with Crippen LogP contribution >= 0.6 is 11.8 Å². The van der Waals surface area contributed by atoms with Crippen LogP contribution in [-0.2, 0) is 10.3 Å². The molecule has 1 aliphatic heterocycles. The summed E-state index contributed by atoms with van der Waals surface area (Å²) < 4.78 is 39.8. The van der Waals surface area contributed by atoms with E-state index in [9.17, 15) is 13.6 Å². The van der Waals surface area contributed by atoms with Gasteiger partial charge >= 0.3 is 0 Å². The Labute approximate surface area is 193 Å². The van der Waals surface area contributed by atoms with E-state index in [1.807, 2.05) is 0 Å². The summed E-state index contributed by atoms with van der Waals surface area (Å²) in [4.78, 5) is 25.1. The Morgan fingerprint density at radius 2 is 2.18 bits per heavy atom. The molecule has 0 saturated heterocycles. The van der Waals surface area contributed by atoms with Crippen LogP contribution in [0.3, 0.4) is 0 Å². The van der Waals surface area contributed by atoms with Gasteiger partial charge < -0.3 is 20.5 Å². The highest BCUT2D eigenvalue weighted by Crippen LogP contribution is 2.66. The van der Waals surface area contributed by atoms with Crippen molar-refractivity contribution < 1.29 is 23.0 Å². The molecule has 3 N–H and O–H groups in total. The number of carbonyl (C=O) groups is 1. The van der Waals surface area contributed by atoms with E-state index in [2.05, 4.69) is 26.9 Å². The highest BCUT2D eigenvalue weighted by molar-refractivity contribution is 8.15. The third kappa shape index (κ3) is 4.30. The number of hydrogen-bond donors (Lipinski definition) is 2. The van der Waals surface area contributed by atoms with Gasteiger partial charge in [-0.3, -0.25) is 9.79 Å². The van der Waals surface area contributed by atoms with Gasteiger partial charge in [-0.2, -0.15) is 0 Å². The standard InChI is InChI=1S/C22H23F2N5O3S/c1-4-5-32-17-10-26-15(9-27-17)19(30)28-12-6-13(18(24)14(23)7-12)21(2)16-8-22(16,11-31-3)33-20(25)29-21/h4,6-7,9-10,16H,1,5,8,11H2,2-3H3,(H2,25,29)(H,28,30)/t16?,21-,22-/m1/s1. The molecular weight excluding hydrogens is 452 g/mol. The number of nitrogens with two attached hydrogens (primary N) is 1. The molecule has 0 spiro atoms. The lowest BCUT2D eigenvalue weighted by atomic mass is 9.85. The van der Waals surface area contributed by atoms with Crippen molar-refractivity contribution in [1.29, 1.82) is 0 Å². The zero-order chi connectivity index (χ0) is 23.8. The van der Waals surface area contributed by atoms with E-state index in [4.69, 9.17) is 15.2 Å². The lowest BCUT2D eigenvalue weighted by Crippen LogP contribution is -2.38. The van der Waals surface area contributed by atoms with Crippen LogP contribution in [0.2, 0.25) is 0 Å². The van der Waals surface area contributed by atoms with Crippen LogP contribution in [0.5, 0.6) is 5.88 Å². The fourth-order valence-electron chi connectivity index (χ4n) is 4.21. The molecule has 0 bridgehead atoms. The highest BCUT2D eigenvalue weighted by atomic mass is 32.2. The number of benzene rings is 1. The quantitative estimate of drug-likeness (QED) is 0.564. The number of thioether (sulfide) groups is 1. The van der Waals surface area contributed by atoms with Gasteiger partial charge in [-0.15, -0.1) is 0 Å². The fraction of sp³-hybridized carbons (Fsp3) is 0.364. The zero-order valence-electron chi connectivity index (χ0n) is 18.1. The Morgan fingerprint density at radius 3 is 2.85 bits per heavy atom. The van der Waals surface area contributed by atoms with Crippen molar-refractivity contribution in [2.24, 2.45) is 16.6 Å². The molecule has 8 nitrogen and oxygen atoms in total. The summed E-state index contributed by atoms with van der Waals surface area (Å²) in [5.74, 6) is -2.64. The Balaban J connectivity index is 1.61. The molecule has 174 valence electrons. The van der Waals surface area contributed by atoms with Gasteiger partial charge in [-0.05, 0) is 19.4 Å². The van der Waals surface area contributed by atoms with E-state index >= 15 is 0 Å². The first-order valence-corrected chi connectivity index (χ1v) is 10.9. The van der Waals surface area contributed by atoms with Crippen LogP contribution in [0.4, 0.5) is 14.5 Å². The average molecular weight is 476 g/mol. The van der Waals surface area contributed by atoms with Crippen molar-refractivity contribution in [3.8, 4) is 5.88 Å². The molecule has 1 unspecified atom stereocenters. The predicted molar refractivity (Wildman–Crippen MR) is 121 cm³/mol. The minimum atomic E-state index is -1.11. The lowest BCUT2D eigenvalue weighted by molar-refractivity contribution is 0.102. The molecule has 2 aromatic rings. The number of carbonyl (C=O) groups excluding carboxylic acids is 1. The van der Waals surface area contributed by atoms with Gasteiger partial charge in [0.25, 0.3) is 5.91 Å². The number of rotatable bonds is 8. The second-order valence-electron chi connectivity index (χ2n) is 8.07. The van der Waals surface area contributed by atoms with Gasteiger partial charge in [0.05, 0.1) is 29.3 Å². The summed E-state index contributed by atoms with van der Waals surface area (Å²) in [5.41, 5.74) is 5.00. The Kier molecular flexibility index (Phi) is 6.10. The number of aromatic nitrogens is 2. The first-order valence-electron chi connectivity index (χ1n) is 10.1. The fourth-order valence-corrected chi connectivity index (χ4v) is 5.66. The van der Waals surface area contributed by atoms with Gasteiger partial charge in [0.2, 0.25) is 5.88 Å². The number of nitrogens with one attached hydrogen (secondary N) is 1. The van der Waals surface area contributed by atoms with E-state index in [-0.39, 0.29) is 45.3 Å². The summed E-state index contributed by atoms with van der Waals surface area (Å²) in [6.07, 6.45) is 4.76. The second kappa shape index (κ2) is 8.71.